The molecule has 2 aromatic rings. The topological polar surface area (TPSA) is 97.8 Å². The van der Waals surface area contributed by atoms with Crippen molar-refractivity contribution in [3.05, 3.63) is 47.7 Å². The van der Waals surface area contributed by atoms with Crippen LogP contribution >= 0.6 is 0 Å². The van der Waals surface area contributed by atoms with Gasteiger partial charge in [0.25, 0.3) is 5.91 Å². The predicted octanol–water partition coefficient (Wildman–Crippen LogP) is 2.69. The van der Waals surface area contributed by atoms with Crippen molar-refractivity contribution >= 4 is 23.4 Å². The standard InChI is InChI=1S/C22H23N3O5/c1-14(26)24-20-11-15(5-8-23-20)21(28)25-9-6-22(7-10-25)13-18(27)17-12-16(29-2)3-4-19(17)30-22/h3-5,8,11-12H,6-7,9-10,13H2,1-2H3,(H,23,24,26). The number of carbonyl (C=O) groups is 3. The number of nitrogens with one attached hydrogen (secondary N) is 1. The van der Waals surface area contributed by atoms with E-state index in [2.05, 4.69) is 10.3 Å². The van der Waals surface area contributed by atoms with Crippen LogP contribution in [0.2, 0.25) is 0 Å². The van der Waals surface area contributed by atoms with E-state index in [9.17, 15) is 14.4 Å². The lowest BCUT2D eigenvalue weighted by Crippen LogP contribution is -2.52. The highest BCUT2D eigenvalue weighted by molar-refractivity contribution is 6.01. The molecule has 8 nitrogen and oxygen atoms in total. The molecule has 0 unspecified atom stereocenters. The molecular weight excluding hydrogens is 386 g/mol. The predicted molar refractivity (Wildman–Crippen MR) is 109 cm³/mol. The van der Waals surface area contributed by atoms with E-state index in [1.165, 1.54) is 13.1 Å². The molecule has 1 aromatic heterocycles. The first-order valence-electron chi connectivity index (χ1n) is 9.82. The van der Waals surface area contributed by atoms with E-state index in [-0.39, 0.29) is 24.0 Å². The fourth-order valence-electron chi connectivity index (χ4n) is 3.99. The van der Waals surface area contributed by atoms with Crippen molar-refractivity contribution in [1.82, 2.24) is 9.88 Å². The Bertz CT molecular complexity index is 1010. The molecule has 2 aliphatic heterocycles. The number of hydrogen-bond acceptors (Lipinski definition) is 6. The van der Waals surface area contributed by atoms with Crippen molar-refractivity contribution in [3.8, 4) is 11.5 Å². The molecule has 0 atom stereocenters. The van der Waals surface area contributed by atoms with Crippen LogP contribution in [-0.4, -0.2) is 53.3 Å². The second-order valence-electron chi connectivity index (χ2n) is 7.65. The number of ether oxygens (including phenoxy) is 2. The van der Waals surface area contributed by atoms with Crippen molar-refractivity contribution < 1.29 is 23.9 Å². The summed E-state index contributed by atoms with van der Waals surface area (Å²) in [6.45, 7) is 2.35. The summed E-state index contributed by atoms with van der Waals surface area (Å²) < 4.78 is 11.5. The van der Waals surface area contributed by atoms with Crippen molar-refractivity contribution in [2.75, 3.05) is 25.5 Å². The number of methoxy groups -OCH3 is 1. The molecule has 4 rings (SSSR count). The van der Waals surface area contributed by atoms with Gasteiger partial charge in [-0.1, -0.05) is 0 Å². The minimum atomic E-state index is -0.588. The normalized spacial score (nSPS) is 17.1. The molecule has 2 amide bonds. The average Bonchev–Trinajstić information content (AvgIpc) is 2.73. The molecule has 8 heteroatoms. The van der Waals surface area contributed by atoms with Gasteiger partial charge < -0.3 is 19.7 Å². The number of Topliss-reactive ketones (excluding diaryl/α,β-unsaturated/α-hetero) is 1. The first-order chi connectivity index (χ1) is 14.4. The molecular formula is C22H23N3O5. The van der Waals surface area contributed by atoms with Crippen molar-refractivity contribution in [2.45, 2.75) is 31.8 Å². The first kappa shape index (κ1) is 19.9. The molecule has 1 N–H and O–H groups in total. The van der Waals surface area contributed by atoms with E-state index in [0.29, 0.717) is 54.4 Å². The number of hydrogen-bond donors (Lipinski definition) is 1. The fraction of sp³-hybridized carbons (Fsp3) is 0.364. The molecule has 0 aliphatic carbocycles. The van der Waals surface area contributed by atoms with Crippen LogP contribution in [0.4, 0.5) is 5.82 Å². The van der Waals surface area contributed by atoms with Crippen molar-refractivity contribution in [3.63, 3.8) is 0 Å². The Morgan fingerprint density at radius 3 is 2.67 bits per heavy atom. The van der Waals surface area contributed by atoms with Gasteiger partial charge in [0.15, 0.2) is 5.78 Å². The quantitative estimate of drug-likeness (QED) is 0.837. The van der Waals surface area contributed by atoms with E-state index in [0.717, 1.165) is 0 Å². The maximum absolute atomic E-state index is 12.9. The van der Waals surface area contributed by atoms with Gasteiger partial charge in [-0.2, -0.15) is 0 Å². The van der Waals surface area contributed by atoms with Gasteiger partial charge in [0, 0.05) is 44.6 Å². The summed E-state index contributed by atoms with van der Waals surface area (Å²) in [7, 11) is 1.56. The lowest BCUT2D eigenvalue weighted by atomic mass is 9.82. The number of aromatic nitrogens is 1. The lowest BCUT2D eigenvalue weighted by molar-refractivity contribution is -0.114. The van der Waals surface area contributed by atoms with E-state index in [1.807, 2.05) is 0 Å². The van der Waals surface area contributed by atoms with Crippen LogP contribution in [0, 0.1) is 0 Å². The zero-order valence-corrected chi connectivity index (χ0v) is 16.9. The zero-order valence-electron chi connectivity index (χ0n) is 16.9. The molecule has 1 aromatic carbocycles. The molecule has 1 fully saturated rings. The molecule has 3 heterocycles. The maximum Gasteiger partial charge on any atom is 0.254 e. The van der Waals surface area contributed by atoms with Crippen LogP contribution in [0.3, 0.4) is 0 Å². The fourth-order valence-corrected chi connectivity index (χ4v) is 3.99. The van der Waals surface area contributed by atoms with Gasteiger partial charge in [-0.3, -0.25) is 14.4 Å². The highest BCUT2D eigenvalue weighted by Crippen LogP contribution is 2.40. The number of amides is 2. The van der Waals surface area contributed by atoms with E-state index in [1.54, 1.807) is 42.3 Å². The number of anilines is 1. The molecule has 156 valence electrons. The number of nitrogens with zero attached hydrogens (tertiary/aromatic N) is 2. The smallest absolute Gasteiger partial charge is 0.254 e. The number of piperidine rings is 1. The average molecular weight is 409 g/mol. The van der Waals surface area contributed by atoms with Gasteiger partial charge in [0.05, 0.1) is 19.1 Å². The molecule has 0 radical (unpaired) electrons. The SMILES string of the molecule is COc1ccc2c(c1)C(=O)CC1(CCN(C(=O)c3ccnc(NC(C)=O)c3)CC1)O2. The van der Waals surface area contributed by atoms with Gasteiger partial charge in [-0.25, -0.2) is 4.98 Å². The monoisotopic (exact) mass is 409 g/mol. The molecule has 30 heavy (non-hydrogen) atoms. The molecule has 1 saturated heterocycles. The summed E-state index contributed by atoms with van der Waals surface area (Å²) in [6.07, 6.45) is 2.92. The van der Waals surface area contributed by atoms with Crippen molar-refractivity contribution in [1.29, 1.82) is 0 Å². The third-order valence-electron chi connectivity index (χ3n) is 5.57. The molecule has 1 spiro atoms. The second-order valence-corrected chi connectivity index (χ2v) is 7.65. The number of benzene rings is 1. The van der Waals surface area contributed by atoms with Gasteiger partial charge in [0.2, 0.25) is 5.91 Å². The number of ketones is 1. The van der Waals surface area contributed by atoms with Gasteiger partial charge in [-0.05, 0) is 30.3 Å². The summed E-state index contributed by atoms with van der Waals surface area (Å²) in [5.41, 5.74) is 0.415. The maximum atomic E-state index is 12.9. The van der Waals surface area contributed by atoms with Crippen LogP contribution < -0.4 is 14.8 Å². The third-order valence-corrected chi connectivity index (χ3v) is 5.57. The molecule has 0 saturated carbocycles. The highest BCUT2D eigenvalue weighted by atomic mass is 16.5. The van der Waals surface area contributed by atoms with E-state index in [4.69, 9.17) is 9.47 Å². The third kappa shape index (κ3) is 3.85. The van der Waals surface area contributed by atoms with Crippen LogP contribution in [-0.2, 0) is 4.79 Å². The number of rotatable bonds is 3. The minimum Gasteiger partial charge on any atom is -0.497 e. The Morgan fingerprint density at radius 2 is 1.97 bits per heavy atom. The summed E-state index contributed by atoms with van der Waals surface area (Å²) in [4.78, 5) is 42.7. The van der Waals surface area contributed by atoms with E-state index >= 15 is 0 Å². The van der Waals surface area contributed by atoms with Crippen LogP contribution in [0.15, 0.2) is 36.5 Å². The Kier molecular flexibility index (Phi) is 5.15. The van der Waals surface area contributed by atoms with E-state index < -0.39 is 5.60 Å². The Balaban J connectivity index is 1.45. The second kappa shape index (κ2) is 7.78. The first-order valence-corrected chi connectivity index (χ1v) is 9.82. The van der Waals surface area contributed by atoms with Crippen LogP contribution in [0.5, 0.6) is 11.5 Å². The number of likely N-dealkylation sites (tertiary alicyclic amines) is 1. The molecule has 2 aliphatic rings. The van der Waals surface area contributed by atoms with Gasteiger partial charge in [-0.15, -0.1) is 0 Å². The minimum absolute atomic E-state index is 0.0315. The Hall–Kier alpha value is -3.42. The summed E-state index contributed by atoms with van der Waals surface area (Å²) >= 11 is 0. The summed E-state index contributed by atoms with van der Waals surface area (Å²) in [5, 5.41) is 2.58. The van der Waals surface area contributed by atoms with Crippen LogP contribution in [0.1, 0.15) is 46.9 Å². The molecule has 0 bridgehead atoms. The van der Waals surface area contributed by atoms with Crippen molar-refractivity contribution in [2.24, 2.45) is 0 Å². The lowest BCUT2D eigenvalue weighted by Gasteiger charge is -2.44. The zero-order chi connectivity index (χ0) is 21.3. The van der Waals surface area contributed by atoms with Gasteiger partial charge >= 0.3 is 0 Å². The highest BCUT2D eigenvalue weighted by Gasteiger charge is 2.43. The number of pyridine rings is 1. The number of fused-ring (bicyclic) bond motifs is 1. The van der Waals surface area contributed by atoms with Crippen LogP contribution in [0.25, 0.3) is 0 Å². The largest absolute Gasteiger partial charge is 0.497 e. The Morgan fingerprint density at radius 1 is 1.20 bits per heavy atom. The number of carbonyl (C=O) groups excluding carboxylic acids is 3. The summed E-state index contributed by atoms with van der Waals surface area (Å²) in [6, 6.07) is 8.45. The summed E-state index contributed by atoms with van der Waals surface area (Å²) in [5.74, 6) is 1.19. The Labute approximate surface area is 174 Å². The van der Waals surface area contributed by atoms with Gasteiger partial charge in [0.1, 0.15) is 22.9 Å².